The summed E-state index contributed by atoms with van der Waals surface area (Å²) in [7, 11) is 0. The van der Waals surface area contributed by atoms with Crippen molar-refractivity contribution in [1.82, 2.24) is 0 Å². The number of hydrogen-bond acceptors (Lipinski definition) is 5. The highest BCUT2D eigenvalue weighted by Gasteiger charge is 2.15. The van der Waals surface area contributed by atoms with Crippen molar-refractivity contribution in [2.75, 3.05) is 13.2 Å². The number of carbonyl (C=O) groups excluding carboxylic acids is 2. The molecule has 260 valence electrons. The van der Waals surface area contributed by atoms with Gasteiger partial charge in [-0.1, -0.05) is 159 Å². The fourth-order valence-electron chi connectivity index (χ4n) is 5.02. The van der Waals surface area contributed by atoms with Crippen LogP contribution >= 0.6 is 0 Å². The molecule has 0 aromatic heterocycles. The highest BCUT2D eigenvalue weighted by Crippen LogP contribution is 2.14. The maximum atomic E-state index is 12.1. The van der Waals surface area contributed by atoms with Gasteiger partial charge in [0.05, 0.1) is 6.61 Å². The van der Waals surface area contributed by atoms with E-state index in [4.69, 9.17) is 9.47 Å². The predicted octanol–water partition coefficient (Wildman–Crippen LogP) is 11.5. The third-order valence-corrected chi connectivity index (χ3v) is 7.88. The smallest absolute Gasteiger partial charge is 0.306 e. The summed E-state index contributed by atoms with van der Waals surface area (Å²) in [6.45, 7) is 4.06. The zero-order chi connectivity index (χ0) is 32.9. The van der Waals surface area contributed by atoms with Gasteiger partial charge in [-0.05, 0) is 51.4 Å². The van der Waals surface area contributed by atoms with Gasteiger partial charge in [-0.15, -0.1) is 0 Å². The van der Waals surface area contributed by atoms with E-state index < -0.39 is 6.10 Å². The van der Waals surface area contributed by atoms with E-state index in [1.165, 1.54) is 96.3 Å². The Bertz CT molecular complexity index is 767. The van der Waals surface area contributed by atoms with Gasteiger partial charge in [-0.2, -0.15) is 0 Å². The fourth-order valence-corrected chi connectivity index (χ4v) is 5.02. The van der Waals surface area contributed by atoms with Crippen molar-refractivity contribution in [1.29, 1.82) is 0 Å². The number of carbonyl (C=O) groups is 2. The topological polar surface area (TPSA) is 72.8 Å². The summed E-state index contributed by atoms with van der Waals surface area (Å²) in [5.41, 5.74) is 0. The van der Waals surface area contributed by atoms with Crippen molar-refractivity contribution in [2.24, 2.45) is 0 Å². The Balaban J connectivity index is 3.67. The van der Waals surface area contributed by atoms with E-state index in [0.29, 0.717) is 12.8 Å². The first-order valence-corrected chi connectivity index (χ1v) is 18.7. The average Bonchev–Trinajstić information content (AvgIpc) is 3.04. The molecule has 1 atom stereocenters. The van der Waals surface area contributed by atoms with Crippen LogP contribution in [-0.2, 0) is 19.1 Å². The molecule has 0 heterocycles. The van der Waals surface area contributed by atoms with E-state index >= 15 is 0 Å². The van der Waals surface area contributed by atoms with E-state index in [2.05, 4.69) is 62.5 Å². The summed E-state index contributed by atoms with van der Waals surface area (Å²) >= 11 is 0. The summed E-state index contributed by atoms with van der Waals surface area (Å²) in [4.78, 5) is 24.2. The van der Waals surface area contributed by atoms with Crippen LogP contribution in [0.4, 0.5) is 0 Å². The van der Waals surface area contributed by atoms with Gasteiger partial charge in [0.2, 0.25) is 0 Å². The van der Waals surface area contributed by atoms with Crippen LogP contribution in [0.3, 0.4) is 0 Å². The van der Waals surface area contributed by atoms with Gasteiger partial charge in [0.25, 0.3) is 0 Å². The molecule has 0 aliphatic heterocycles. The second-order valence-corrected chi connectivity index (χ2v) is 12.3. The van der Waals surface area contributed by atoms with Crippen LogP contribution in [0.15, 0.2) is 48.6 Å². The highest BCUT2D eigenvalue weighted by atomic mass is 16.6. The van der Waals surface area contributed by atoms with E-state index in [9.17, 15) is 14.7 Å². The highest BCUT2D eigenvalue weighted by molar-refractivity contribution is 5.70. The van der Waals surface area contributed by atoms with Crippen molar-refractivity contribution in [3.63, 3.8) is 0 Å². The summed E-state index contributed by atoms with van der Waals surface area (Å²) in [5.74, 6) is -0.656. The van der Waals surface area contributed by atoms with Crippen LogP contribution in [0.2, 0.25) is 0 Å². The minimum absolute atomic E-state index is 0.0865. The molecule has 0 aliphatic carbocycles. The first-order chi connectivity index (χ1) is 22.1. The number of rotatable bonds is 33. The van der Waals surface area contributed by atoms with Crippen molar-refractivity contribution >= 4 is 11.9 Å². The molecule has 0 aromatic rings. The number of esters is 2. The number of ether oxygens (including phenoxy) is 2. The standard InChI is InChI=1S/C40H70O5/c1-3-5-7-9-11-13-15-17-19-20-21-23-25-27-29-31-33-35-40(43)45-38(36-41)37-44-39(42)34-32-30-28-26-24-22-18-16-14-12-10-8-6-4-2/h11,13,17,19,21,23,27,29,38,41H,3-10,12,14-16,18,20,22,24-26,28,30-37H2,1-2H3/b13-11+,19-17+,23-21+,29-27+/t38-/m0/s1. The van der Waals surface area contributed by atoms with Gasteiger partial charge in [0, 0.05) is 12.8 Å². The fraction of sp³-hybridized carbons (Fsp3) is 0.750. The minimum Gasteiger partial charge on any atom is -0.462 e. The largest absolute Gasteiger partial charge is 0.462 e. The first-order valence-electron chi connectivity index (χ1n) is 18.7. The molecule has 0 radical (unpaired) electrons. The predicted molar refractivity (Wildman–Crippen MR) is 191 cm³/mol. The molecule has 5 heteroatoms. The first kappa shape index (κ1) is 42.9. The van der Waals surface area contributed by atoms with Crippen LogP contribution in [0.25, 0.3) is 0 Å². The molecule has 0 saturated carbocycles. The van der Waals surface area contributed by atoms with Crippen LogP contribution in [0, 0.1) is 0 Å². The molecular formula is C40H70O5. The molecular weight excluding hydrogens is 560 g/mol. The minimum atomic E-state index is -0.797. The van der Waals surface area contributed by atoms with Crippen molar-refractivity contribution < 1.29 is 24.2 Å². The molecule has 0 spiro atoms. The van der Waals surface area contributed by atoms with Gasteiger partial charge in [0.1, 0.15) is 6.61 Å². The van der Waals surface area contributed by atoms with Gasteiger partial charge in [-0.25, -0.2) is 0 Å². The third kappa shape index (κ3) is 34.6. The van der Waals surface area contributed by atoms with Crippen molar-refractivity contribution in [3.05, 3.63) is 48.6 Å². The van der Waals surface area contributed by atoms with E-state index in [0.717, 1.165) is 44.9 Å². The number of unbranched alkanes of at least 4 members (excludes halogenated alkanes) is 17. The molecule has 0 bridgehead atoms. The molecule has 45 heavy (non-hydrogen) atoms. The summed E-state index contributed by atoms with van der Waals surface area (Å²) in [6.07, 6.45) is 44.5. The van der Waals surface area contributed by atoms with Crippen molar-refractivity contribution in [3.8, 4) is 0 Å². The Morgan fingerprint density at radius 2 is 0.911 bits per heavy atom. The summed E-state index contributed by atoms with van der Waals surface area (Å²) < 4.78 is 10.5. The maximum absolute atomic E-state index is 12.1. The second-order valence-electron chi connectivity index (χ2n) is 12.3. The van der Waals surface area contributed by atoms with E-state index in [1.54, 1.807) is 0 Å². The molecule has 0 rings (SSSR count). The molecule has 0 unspecified atom stereocenters. The Kier molecular flexibility index (Phi) is 34.6. The lowest BCUT2D eigenvalue weighted by Crippen LogP contribution is -2.28. The van der Waals surface area contributed by atoms with Crippen molar-refractivity contribution in [2.45, 2.75) is 180 Å². The molecule has 0 aliphatic rings. The molecule has 0 fully saturated rings. The monoisotopic (exact) mass is 631 g/mol. The second kappa shape index (κ2) is 36.3. The lowest BCUT2D eigenvalue weighted by Gasteiger charge is -2.15. The zero-order valence-corrected chi connectivity index (χ0v) is 29.4. The molecule has 0 aromatic carbocycles. The molecule has 0 amide bonds. The van der Waals surface area contributed by atoms with Crippen LogP contribution in [0.5, 0.6) is 0 Å². The Morgan fingerprint density at radius 3 is 1.40 bits per heavy atom. The number of hydrogen-bond donors (Lipinski definition) is 1. The Labute approximate surface area is 278 Å². The lowest BCUT2D eigenvalue weighted by atomic mass is 10.0. The maximum Gasteiger partial charge on any atom is 0.306 e. The zero-order valence-electron chi connectivity index (χ0n) is 29.4. The normalized spacial score (nSPS) is 12.7. The quantitative estimate of drug-likeness (QED) is 0.0444. The summed E-state index contributed by atoms with van der Waals surface area (Å²) in [6, 6.07) is 0. The number of aliphatic hydroxyl groups is 1. The van der Waals surface area contributed by atoms with Gasteiger partial charge >= 0.3 is 11.9 Å². The Hall–Kier alpha value is -2.14. The third-order valence-electron chi connectivity index (χ3n) is 7.88. The number of allylic oxidation sites excluding steroid dienone is 8. The number of aliphatic hydroxyl groups excluding tert-OH is 1. The van der Waals surface area contributed by atoms with Crippen LogP contribution in [0.1, 0.15) is 174 Å². The average molecular weight is 631 g/mol. The van der Waals surface area contributed by atoms with Gasteiger partial charge in [0.15, 0.2) is 6.10 Å². The molecule has 0 saturated heterocycles. The summed E-state index contributed by atoms with van der Waals surface area (Å²) in [5, 5.41) is 9.52. The lowest BCUT2D eigenvalue weighted by molar-refractivity contribution is -0.161. The molecule has 1 N–H and O–H groups in total. The Morgan fingerprint density at radius 1 is 0.511 bits per heavy atom. The van der Waals surface area contributed by atoms with Crippen LogP contribution < -0.4 is 0 Å². The van der Waals surface area contributed by atoms with Crippen LogP contribution in [-0.4, -0.2) is 36.4 Å². The SMILES string of the molecule is CCCCC/C=C/C/C=C/C/C=C/C/C=C/CCCC(=O)O[C@@H](CO)COC(=O)CCCCCCCCCCCCCCCC. The van der Waals surface area contributed by atoms with E-state index in [-0.39, 0.29) is 31.6 Å². The van der Waals surface area contributed by atoms with Gasteiger partial charge < -0.3 is 14.6 Å². The van der Waals surface area contributed by atoms with Gasteiger partial charge in [-0.3, -0.25) is 9.59 Å². The molecule has 5 nitrogen and oxygen atoms in total. The van der Waals surface area contributed by atoms with E-state index in [1.807, 2.05) is 0 Å².